The van der Waals surface area contributed by atoms with Crippen LogP contribution < -0.4 is 15.2 Å². The fourth-order valence-corrected chi connectivity index (χ4v) is 2.45. The molecule has 8 heteroatoms. The van der Waals surface area contributed by atoms with Gasteiger partial charge in [0.2, 0.25) is 6.79 Å². The van der Waals surface area contributed by atoms with E-state index in [1.165, 1.54) is 0 Å². The van der Waals surface area contributed by atoms with Crippen LogP contribution in [0.1, 0.15) is 59.4 Å². The van der Waals surface area contributed by atoms with E-state index in [2.05, 4.69) is 0 Å². The Morgan fingerprint density at radius 2 is 1.72 bits per heavy atom. The van der Waals surface area contributed by atoms with Gasteiger partial charge >= 0.3 is 5.97 Å². The number of fused-ring (bicyclic) bond motifs is 1. The summed E-state index contributed by atoms with van der Waals surface area (Å²) in [7, 11) is 0. The second-order valence-corrected chi connectivity index (χ2v) is 7.35. The molecule has 0 bridgehead atoms. The fourth-order valence-electron chi connectivity index (χ4n) is 2.04. The number of alkyl halides is 1. The predicted octanol–water partition coefficient (Wildman–Crippen LogP) is 5.15. The van der Waals surface area contributed by atoms with Crippen LogP contribution in [0, 0.1) is 0 Å². The van der Waals surface area contributed by atoms with Crippen LogP contribution in [0.5, 0.6) is 11.5 Å². The molecular formula is C21H35Cl2NO5. The van der Waals surface area contributed by atoms with Gasteiger partial charge in [0.25, 0.3) is 0 Å². The molecule has 1 aliphatic heterocycles. The maximum absolute atomic E-state index is 11.6. The summed E-state index contributed by atoms with van der Waals surface area (Å²) in [6, 6.07) is 3.63. The molecule has 2 N–H and O–H groups in total. The molecule has 1 aromatic carbocycles. The fraction of sp³-hybridized carbons (Fsp3) is 0.619. The predicted molar refractivity (Wildman–Crippen MR) is 119 cm³/mol. The maximum atomic E-state index is 11.6. The standard InChI is InChI=1S/C15H19ClO4.C3H8ClN.C2H6.CH2O/c1-15(2,3)20-14(17)6-4-5-10-7-12-13(8-11(10)16)19-9-18-12;4-2-1-3-5;2*1-2/h7-8H,4-6,9H2,1-3H3;1-3,5H2;1-2H3;1H2. The van der Waals surface area contributed by atoms with Crippen molar-refractivity contribution in [2.75, 3.05) is 19.2 Å². The van der Waals surface area contributed by atoms with Crippen molar-refractivity contribution >= 4 is 36.0 Å². The third-order valence-electron chi connectivity index (χ3n) is 3.13. The minimum absolute atomic E-state index is 0.186. The first-order chi connectivity index (χ1) is 13.8. The molecule has 168 valence electrons. The quantitative estimate of drug-likeness (QED) is 0.475. The molecule has 0 unspecified atom stereocenters. The molecule has 1 aromatic rings. The zero-order valence-electron chi connectivity index (χ0n) is 18.2. The lowest BCUT2D eigenvalue weighted by Gasteiger charge is -2.19. The van der Waals surface area contributed by atoms with E-state index >= 15 is 0 Å². The number of ether oxygens (including phenoxy) is 3. The second-order valence-electron chi connectivity index (χ2n) is 6.57. The summed E-state index contributed by atoms with van der Waals surface area (Å²) >= 11 is 11.4. The van der Waals surface area contributed by atoms with Gasteiger partial charge in [0.1, 0.15) is 12.4 Å². The number of nitrogens with two attached hydrogens (primary N) is 1. The summed E-state index contributed by atoms with van der Waals surface area (Å²) in [5, 5.41) is 0.637. The van der Waals surface area contributed by atoms with Crippen molar-refractivity contribution in [1.29, 1.82) is 0 Å². The van der Waals surface area contributed by atoms with Crippen LogP contribution in [0.15, 0.2) is 12.1 Å². The lowest BCUT2D eigenvalue weighted by atomic mass is 10.1. The number of carbonyl (C=O) groups is 2. The molecule has 0 fully saturated rings. The van der Waals surface area contributed by atoms with Crippen molar-refractivity contribution in [3.8, 4) is 11.5 Å². The average Bonchev–Trinajstić information content (AvgIpc) is 3.12. The van der Waals surface area contributed by atoms with Crippen LogP contribution in [0.25, 0.3) is 0 Å². The normalized spacial score (nSPS) is 11.0. The highest BCUT2D eigenvalue weighted by Crippen LogP contribution is 2.37. The molecule has 0 atom stereocenters. The Morgan fingerprint density at radius 1 is 1.17 bits per heavy atom. The van der Waals surface area contributed by atoms with Gasteiger partial charge in [0.15, 0.2) is 11.5 Å². The third kappa shape index (κ3) is 14.2. The number of esters is 1. The van der Waals surface area contributed by atoms with Gasteiger partial charge in [-0.3, -0.25) is 4.79 Å². The van der Waals surface area contributed by atoms with Gasteiger partial charge in [0, 0.05) is 23.4 Å². The first-order valence-corrected chi connectivity index (χ1v) is 10.5. The number of hydrogen-bond donors (Lipinski definition) is 1. The molecule has 0 saturated carbocycles. The van der Waals surface area contributed by atoms with Crippen LogP contribution in [0.4, 0.5) is 0 Å². The van der Waals surface area contributed by atoms with Gasteiger partial charge in [-0.1, -0.05) is 25.4 Å². The van der Waals surface area contributed by atoms with Crippen LogP contribution in [-0.2, 0) is 20.7 Å². The zero-order chi connectivity index (χ0) is 22.9. The summed E-state index contributed by atoms with van der Waals surface area (Å²) in [5.74, 6) is 1.89. The highest BCUT2D eigenvalue weighted by Gasteiger charge is 2.18. The van der Waals surface area contributed by atoms with Crippen molar-refractivity contribution in [2.45, 2.75) is 65.9 Å². The molecule has 1 heterocycles. The second kappa shape index (κ2) is 17.4. The topological polar surface area (TPSA) is 87.9 Å². The van der Waals surface area contributed by atoms with E-state index in [4.69, 9.17) is 47.9 Å². The number of aryl methyl sites for hydroxylation is 1. The summed E-state index contributed by atoms with van der Waals surface area (Å²) in [6.45, 7) is 12.5. The molecule has 0 radical (unpaired) electrons. The third-order valence-corrected chi connectivity index (χ3v) is 3.75. The Morgan fingerprint density at radius 3 is 2.17 bits per heavy atom. The Balaban J connectivity index is 0. The van der Waals surface area contributed by atoms with Gasteiger partial charge in [-0.05, 0) is 58.2 Å². The van der Waals surface area contributed by atoms with Crippen molar-refractivity contribution in [2.24, 2.45) is 5.73 Å². The maximum Gasteiger partial charge on any atom is 0.306 e. The van der Waals surface area contributed by atoms with E-state index in [0.717, 1.165) is 12.0 Å². The molecule has 0 saturated heterocycles. The van der Waals surface area contributed by atoms with Crippen molar-refractivity contribution in [1.82, 2.24) is 0 Å². The summed E-state index contributed by atoms with van der Waals surface area (Å²) in [4.78, 5) is 19.6. The first-order valence-electron chi connectivity index (χ1n) is 9.61. The van der Waals surface area contributed by atoms with Gasteiger partial charge in [0.05, 0.1) is 0 Å². The van der Waals surface area contributed by atoms with E-state index in [1.807, 2.05) is 47.5 Å². The van der Waals surface area contributed by atoms with Crippen molar-refractivity contribution < 1.29 is 23.8 Å². The van der Waals surface area contributed by atoms with E-state index < -0.39 is 5.60 Å². The SMILES string of the molecule is C=O.CC.CC(C)(C)OC(=O)CCCc1cc2c(cc1Cl)OCO2.NCCCCl. The minimum atomic E-state index is -0.437. The van der Waals surface area contributed by atoms with Gasteiger partial charge < -0.3 is 24.7 Å². The Kier molecular flexibility index (Phi) is 17.8. The van der Waals surface area contributed by atoms with Crippen LogP contribution in [-0.4, -0.2) is 37.6 Å². The number of carbonyl (C=O) groups excluding carboxylic acids is 2. The highest BCUT2D eigenvalue weighted by molar-refractivity contribution is 6.31. The zero-order valence-corrected chi connectivity index (χ0v) is 19.7. The van der Waals surface area contributed by atoms with Crippen molar-refractivity contribution in [3.63, 3.8) is 0 Å². The molecule has 0 amide bonds. The van der Waals surface area contributed by atoms with Crippen LogP contribution >= 0.6 is 23.2 Å². The van der Waals surface area contributed by atoms with Gasteiger partial charge in [-0.15, -0.1) is 11.6 Å². The minimum Gasteiger partial charge on any atom is -0.460 e. The summed E-state index contributed by atoms with van der Waals surface area (Å²) in [6.07, 6.45) is 2.70. The molecule has 29 heavy (non-hydrogen) atoms. The smallest absolute Gasteiger partial charge is 0.306 e. The number of hydrogen-bond acceptors (Lipinski definition) is 6. The number of benzene rings is 1. The Labute approximate surface area is 185 Å². The number of rotatable bonds is 6. The van der Waals surface area contributed by atoms with E-state index in [0.29, 0.717) is 48.2 Å². The Bertz CT molecular complexity index is 575. The Hall–Kier alpha value is -1.50. The molecule has 0 aromatic heterocycles. The molecular weight excluding hydrogens is 417 g/mol. The monoisotopic (exact) mass is 451 g/mol. The van der Waals surface area contributed by atoms with E-state index in [9.17, 15) is 4.79 Å². The van der Waals surface area contributed by atoms with Crippen LogP contribution in [0.3, 0.4) is 0 Å². The lowest BCUT2D eigenvalue weighted by molar-refractivity contribution is -0.154. The van der Waals surface area contributed by atoms with E-state index in [-0.39, 0.29) is 12.8 Å². The van der Waals surface area contributed by atoms with Gasteiger partial charge in [-0.2, -0.15) is 0 Å². The largest absolute Gasteiger partial charge is 0.460 e. The van der Waals surface area contributed by atoms with Gasteiger partial charge in [-0.25, -0.2) is 0 Å². The molecule has 0 spiro atoms. The molecule has 6 nitrogen and oxygen atoms in total. The summed E-state index contributed by atoms with van der Waals surface area (Å²) in [5.41, 5.74) is 5.58. The first kappa shape index (κ1) is 29.7. The number of halogens is 2. The van der Waals surface area contributed by atoms with E-state index in [1.54, 1.807) is 6.07 Å². The van der Waals surface area contributed by atoms with Crippen LogP contribution in [0.2, 0.25) is 5.02 Å². The molecule has 2 rings (SSSR count). The molecule has 0 aliphatic carbocycles. The van der Waals surface area contributed by atoms with Crippen molar-refractivity contribution in [3.05, 3.63) is 22.7 Å². The highest BCUT2D eigenvalue weighted by atomic mass is 35.5. The lowest BCUT2D eigenvalue weighted by Crippen LogP contribution is -2.23. The molecule has 1 aliphatic rings. The average molecular weight is 452 g/mol. The summed E-state index contributed by atoms with van der Waals surface area (Å²) < 4.78 is 15.8.